The molecule has 1 atom stereocenters. The standard InChI is InChI=1S/C18H24ClN3O2/c1-2-15(12-23)21-5-7-22(8-6-21)18(24)9-13-11-20-17-10-14(19)3-4-16(13)17/h3-4,10-11,15,20,23H,2,5-9,12H2,1H3. The van der Waals surface area contributed by atoms with Gasteiger partial charge in [0.1, 0.15) is 0 Å². The van der Waals surface area contributed by atoms with Crippen LogP contribution in [-0.2, 0) is 11.2 Å². The molecule has 0 radical (unpaired) electrons. The minimum Gasteiger partial charge on any atom is -0.395 e. The van der Waals surface area contributed by atoms with E-state index in [1.807, 2.05) is 29.3 Å². The number of fused-ring (bicyclic) bond motifs is 1. The molecule has 0 spiro atoms. The smallest absolute Gasteiger partial charge is 0.227 e. The molecule has 1 fully saturated rings. The highest BCUT2D eigenvalue weighted by Gasteiger charge is 2.25. The summed E-state index contributed by atoms with van der Waals surface area (Å²) < 4.78 is 0. The average Bonchev–Trinajstić information content (AvgIpc) is 2.98. The number of piperazine rings is 1. The summed E-state index contributed by atoms with van der Waals surface area (Å²) in [5.41, 5.74) is 1.97. The first kappa shape index (κ1) is 17.3. The van der Waals surface area contributed by atoms with Crippen LogP contribution in [0.15, 0.2) is 24.4 Å². The molecule has 1 saturated heterocycles. The van der Waals surface area contributed by atoms with Crippen LogP contribution in [0.1, 0.15) is 18.9 Å². The highest BCUT2D eigenvalue weighted by molar-refractivity contribution is 6.31. The number of aliphatic hydroxyl groups is 1. The number of amides is 1. The molecule has 6 heteroatoms. The van der Waals surface area contributed by atoms with Crippen LogP contribution in [0.5, 0.6) is 0 Å². The third-order valence-corrected chi connectivity index (χ3v) is 5.17. The summed E-state index contributed by atoms with van der Waals surface area (Å²) in [4.78, 5) is 20.0. The van der Waals surface area contributed by atoms with E-state index in [1.54, 1.807) is 0 Å². The lowest BCUT2D eigenvalue weighted by Crippen LogP contribution is -2.53. The Hall–Kier alpha value is -1.56. The molecular formula is C18H24ClN3O2. The Bertz CT molecular complexity index is 703. The molecule has 0 bridgehead atoms. The maximum Gasteiger partial charge on any atom is 0.227 e. The van der Waals surface area contributed by atoms with Gasteiger partial charge in [0.15, 0.2) is 0 Å². The van der Waals surface area contributed by atoms with Gasteiger partial charge in [-0.05, 0) is 24.1 Å². The van der Waals surface area contributed by atoms with Gasteiger partial charge >= 0.3 is 0 Å². The monoisotopic (exact) mass is 349 g/mol. The fourth-order valence-corrected chi connectivity index (χ4v) is 3.59. The van der Waals surface area contributed by atoms with Crippen molar-refractivity contribution in [2.24, 2.45) is 0 Å². The van der Waals surface area contributed by atoms with E-state index >= 15 is 0 Å². The largest absolute Gasteiger partial charge is 0.395 e. The topological polar surface area (TPSA) is 59.6 Å². The highest BCUT2D eigenvalue weighted by Crippen LogP contribution is 2.23. The molecule has 2 heterocycles. The maximum absolute atomic E-state index is 12.6. The quantitative estimate of drug-likeness (QED) is 0.870. The first-order valence-corrected chi connectivity index (χ1v) is 8.88. The molecule has 1 amide bonds. The number of nitrogens with one attached hydrogen (secondary N) is 1. The molecule has 24 heavy (non-hydrogen) atoms. The van der Waals surface area contributed by atoms with Gasteiger partial charge in [-0.2, -0.15) is 0 Å². The second-order valence-electron chi connectivity index (χ2n) is 6.34. The summed E-state index contributed by atoms with van der Waals surface area (Å²) in [5.74, 6) is 0.155. The Labute approximate surface area is 147 Å². The van der Waals surface area contributed by atoms with Crippen LogP contribution >= 0.6 is 11.6 Å². The number of rotatable bonds is 5. The first-order chi connectivity index (χ1) is 11.6. The molecule has 0 aliphatic carbocycles. The molecule has 5 nitrogen and oxygen atoms in total. The Morgan fingerprint density at radius 3 is 2.75 bits per heavy atom. The van der Waals surface area contributed by atoms with Crippen LogP contribution < -0.4 is 0 Å². The van der Waals surface area contributed by atoms with E-state index in [0.717, 1.165) is 49.1 Å². The minimum atomic E-state index is 0.155. The molecule has 2 N–H and O–H groups in total. The molecule has 2 aromatic rings. The van der Waals surface area contributed by atoms with Gasteiger partial charge in [0.25, 0.3) is 0 Å². The number of carbonyl (C=O) groups is 1. The van der Waals surface area contributed by atoms with Crippen LogP contribution in [0.4, 0.5) is 0 Å². The van der Waals surface area contributed by atoms with Gasteiger partial charge in [-0.1, -0.05) is 24.6 Å². The van der Waals surface area contributed by atoms with E-state index in [4.69, 9.17) is 11.6 Å². The molecule has 3 rings (SSSR count). The summed E-state index contributed by atoms with van der Waals surface area (Å²) in [5, 5.41) is 11.2. The Kier molecular flexibility index (Phi) is 5.43. The first-order valence-electron chi connectivity index (χ1n) is 8.50. The molecule has 130 valence electrons. The zero-order valence-electron chi connectivity index (χ0n) is 14.0. The Morgan fingerprint density at radius 2 is 2.08 bits per heavy atom. The number of aliphatic hydroxyl groups excluding tert-OH is 1. The van der Waals surface area contributed by atoms with Crippen LogP contribution in [0.25, 0.3) is 10.9 Å². The molecule has 1 unspecified atom stereocenters. The third-order valence-electron chi connectivity index (χ3n) is 4.94. The van der Waals surface area contributed by atoms with Gasteiger partial charge in [-0.25, -0.2) is 0 Å². The van der Waals surface area contributed by atoms with Crippen molar-refractivity contribution in [1.29, 1.82) is 0 Å². The van der Waals surface area contributed by atoms with Gasteiger partial charge in [0.2, 0.25) is 5.91 Å². The summed E-state index contributed by atoms with van der Waals surface area (Å²) in [6.07, 6.45) is 3.23. The number of H-pyrrole nitrogens is 1. The van der Waals surface area contributed by atoms with Crippen molar-refractivity contribution in [3.63, 3.8) is 0 Å². The van der Waals surface area contributed by atoms with Crippen molar-refractivity contribution in [2.75, 3.05) is 32.8 Å². The number of aromatic amines is 1. The lowest BCUT2D eigenvalue weighted by Gasteiger charge is -2.38. The second-order valence-corrected chi connectivity index (χ2v) is 6.78. The van der Waals surface area contributed by atoms with Gasteiger partial charge in [-0.15, -0.1) is 0 Å². The summed E-state index contributed by atoms with van der Waals surface area (Å²) in [7, 11) is 0. The third kappa shape index (κ3) is 3.58. The maximum atomic E-state index is 12.6. The van der Waals surface area contributed by atoms with Gasteiger partial charge < -0.3 is 15.0 Å². The molecule has 1 aromatic heterocycles. The number of benzene rings is 1. The van der Waals surface area contributed by atoms with Crippen molar-refractivity contribution in [3.05, 3.63) is 35.0 Å². The van der Waals surface area contributed by atoms with Crippen LogP contribution in [-0.4, -0.2) is 64.6 Å². The predicted octanol–water partition coefficient (Wildman–Crippen LogP) is 2.28. The molecular weight excluding hydrogens is 326 g/mol. The molecule has 1 aliphatic heterocycles. The lowest BCUT2D eigenvalue weighted by molar-refractivity contribution is -0.132. The molecule has 1 aliphatic rings. The SMILES string of the molecule is CCC(CO)N1CCN(C(=O)Cc2c[nH]c3cc(Cl)ccc23)CC1. The fraction of sp³-hybridized carbons (Fsp3) is 0.500. The average molecular weight is 350 g/mol. The number of hydrogen-bond acceptors (Lipinski definition) is 3. The Balaban J connectivity index is 1.61. The normalized spacial score (nSPS) is 17.4. The number of halogens is 1. The highest BCUT2D eigenvalue weighted by atomic mass is 35.5. The number of nitrogens with zero attached hydrogens (tertiary/aromatic N) is 2. The number of hydrogen-bond donors (Lipinski definition) is 2. The zero-order valence-corrected chi connectivity index (χ0v) is 14.7. The number of carbonyl (C=O) groups excluding carboxylic acids is 1. The van der Waals surface area contributed by atoms with Crippen LogP contribution in [0.2, 0.25) is 5.02 Å². The summed E-state index contributed by atoms with van der Waals surface area (Å²) in [6, 6.07) is 5.90. The van der Waals surface area contributed by atoms with Crippen LogP contribution in [0.3, 0.4) is 0 Å². The molecule has 0 saturated carbocycles. The van der Waals surface area contributed by atoms with Crippen molar-refractivity contribution >= 4 is 28.4 Å². The summed E-state index contributed by atoms with van der Waals surface area (Å²) in [6.45, 7) is 5.37. The predicted molar refractivity (Wildman–Crippen MR) is 96.3 cm³/mol. The van der Waals surface area contributed by atoms with E-state index in [1.165, 1.54) is 0 Å². The Morgan fingerprint density at radius 1 is 1.33 bits per heavy atom. The van der Waals surface area contributed by atoms with E-state index < -0.39 is 0 Å². The van der Waals surface area contributed by atoms with E-state index in [-0.39, 0.29) is 18.6 Å². The van der Waals surface area contributed by atoms with Crippen LogP contribution in [0, 0.1) is 0 Å². The van der Waals surface area contributed by atoms with Crippen molar-refractivity contribution < 1.29 is 9.90 Å². The number of aromatic nitrogens is 1. The second kappa shape index (κ2) is 7.55. The van der Waals surface area contributed by atoms with Gasteiger partial charge in [0.05, 0.1) is 13.0 Å². The fourth-order valence-electron chi connectivity index (χ4n) is 3.42. The van der Waals surface area contributed by atoms with E-state index in [9.17, 15) is 9.90 Å². The van der Waals surface area contributed by atoms with E-state index in [0.29, 0.717) is 11.4 Å². The van der Waals surface area contributed by atoms with Gasteiger partial charge in [-0.3, -0.25) is 9.69 Å². The van der Waals surface area contributed by atoms with Crippen molar-refractivity contribution in [3.8, 4) is 0 Å². The minimum absolute atomic E-state index is 0.155. The van der Waals surface area contributed by atoms with Crippen molar-refractivity contribution in [2.45, 2.75) is 25.8 Å². The lowest BCUT2D eigenvalue weighted by atomic mass is 10.1. The van der Waals surface area contributed by atoms with Crippen molar-refractivity contribution in [1.82, 2.24) is 14.8 Å². The molecule has 1 aromatic carbocycles. The summed E-state index contributed by atoms with van der Waals surface area (Å²) >= 11 is 6.00. The van der Waals surface area contributed by atoms with E-state index in [2.05, 4.69) is 16.8 Å². The zero-order chi connectivity index (χ0) is 17.1. The van der Waals surface area contributed by atoms with Gasteiger partial charge in [0, 0.05) is 54.3 Å².